The van der Waals surface area contributed by atoms with E-state index in [-0.39, 0.29) is 54.0 Å². The van der Waals surface area contributed by atoms with E-state index < -0.39 is 29.2 Å². The summed E-state index contributed by atoms with van der Waals surface area (Å²) in [6, 6.07) is 7.67. The molecule has 0 radical (unpaired) electrons. The number of nitrogens with zero attached hydrogens (tertiary/aromatic N) is 2. The fraction of sp³-hybridized carbons (Fsp3) is 0.318. The molecule has 0 bridgehead atoms. The van der Waals surface area contributed by atoms with E-state index in [9.17, 15) is 23.4 Å². The third-order valence-corrected chi connectivity index (χ3v) is 5.77. The van der Waals surface area contributed by atoms with Gasteiger partial charge in [-0.05, 0) is 36.8 Å². The average molecular weight is 469 g/mol. The van der Waals surface area contributed by atoms with Gasteiger partial charge in [-0.2, -0.15) is 0 Å². The summed E-state index contributed by atoms with van der Waals surface area (Å²) in [5.74, 6) is -1.79. The van der Waals surface area contributed by atoms with Gasteiger partial charge >= 0.3 is 0 Å². The molecule has 1 fully saturated rings. The van der Waals surface area contributed by atoms with Crippen molar-refractivity contribution >= 4 is 28.2 Å². The first kappa shape index (κ1) is 22.4. The average Bonchev–Trinajstić information content (AvgIpc) is 2.75. The van der Waals surface area contributed by atoms with E-state index in [1.807, 2.05) is 0 Å². The van der Waals surface area contributed by atoms with Gasteiger partial charge in [-0.1, -0.05) is 11.6 Å². The van der Waals surface area contributed by atoms with Crippen molar-refractivity contribution in [1.29, 1.82) is 0 Å². The van der Waals surface area contributed by atoms with Crippen LogP contribution in [0.3, 0.4) is 0 Å². The van der Waals surface area contributed by atoms with Crippen LogP contribution in [0.1, 0.15) is 6.42 Å². The fourth-order valence-electron chi connectivity index (χ4n) is 3.76. The lowest BCUT2D eigenvalue weighted by molar-refractivity contribution is -0.108. The number of β-amino-alcohol motifs (C(OH)–C–C–N with tert-alkyl or cyclic N) is 1. The van der Waals surface area contributed by atoms with Crippen LogP contribution in [0.25, 0.3) is 10.9 Å². The van der Waals surface area contributed by atoms with Crippen molar-refractivity contribution in [3.8, 4) is 11.6 Å². The standard InChI is InChI=1S/C22H20ClF3N2O4/c1-31-19-5-2-13-17(4-3-14(24)20(13)27-19)32-11-22(30)6-7-28(10-18(22)29)21-15(25)8-12(23)9-16(21)26/h2-5,8-9,18,29-30H,6-7,10-11H2,1H3/t18-,22-/m1/s1. The number of halogens is 4. The Balaban J connectivity index is 1.51. The maximum atomic E-state index is 14.2. The van der Waals surface area contributed by atoms with Crippen LogP contribution >= 0.6 is 11.6 Å². The van der Waals surface area contributed by atoms with Crippen LogP contribution in [0.5, 0.6) is 11.6 Å². The molecule has 2 heterocycles. The van der Waals surface area contributed by atoms with Crippen molar-refractivity contribution < 1.29 is 32.9 Å². The summed E-state index contributed by atoms with van der Waals surface area (Å²) in [6.45, 7) is -0.478. The minimum absolute atomic E-state index is 0.0269. The second kappa shape index (κ2) is 8.65. The monoisotopic (exact) mass is 468 g/mol. The molecule has 2 aromatic carbocycles. The molecule has 32 heavy (non-hydrogen) atoms. The molecule has 0 aliphatic carbocycles. The van der Waals surface area contributed by atoms with Crippen LogP contribution in [0.15, 0.2) is 36.4 Å². The highest BCUT2D eigenvalue weighted by molar-refractivity contribution is 6.30. The van der Waals surface area contributed by atoms with Gasteiger partial charge in [-0.3, -0.25) is 0 Å². The minimum atomic E-state index is -1.68. The van der Waals surface area contributed by atoms with Crippen LogP contribution in [0.2, 0.25) is 5.02 Å². The highest BCUT2D eigenvalue weighted by atomic mass is 35.5. The van der Waals surface area contributed by atoms with Crippen molar-refractivity contribution in [2.75, 3.05) is 31.7 Å². The minimum Gasteiger partial charge on any atom is -0.490 e. The lowest BCUT2D eigenvalue weighted by Crippen LogP contribution is -2.58. The number of aliphatic hydroxyl groups excluding tert-OH is 1. The molecule has 1 saturated heterocycles. The molecule has 0 saturated carbocycles. The second-order valence-corrected chi connectivity index (χ2v) is 8.05. The SMILES string of the molecule is COc1ccc2c(OC[C@]3(O)CCN(c4c(F)cc(Cl)cc4F)C[C@H]3O)ccc(F)c2n1. The molecular formula is C22H20ClF3N2O4. The predicted octanol–water partition coefficient (Wildman–Crippen LogP) is 3.70. The summed E-state index contributed by atoms with van der Waals surface area (Å²) >= 11 is 5.66. The van der Waals surface area contributed by atoms with Crippen LogP contribution in [0, 0.1) is 17.5 Å². The van der Waals surface area contributed by atoms with Gasteiger partial charge < -0.3 is 24.6 Å². The Morgan fingerprint density at radius 1 is 1.16 bits per heavy atom. The Morgan fingerprint density at radius 2 is 1.88 bits per heavy atom. The van der Waals surface area contributed by atoms with Gasteiger partial charge in [-0.15, -0.1) is 0 Å². The number of hydrogen-bond acceptors (Lipinski definition) is 6. The lowest BCUT2D eigenvalue weighted by atomic mass is 9.89. The number of benzene rings is 2. The topological polar surface area (TPSA) is 75.0 Å². The zero-order chi connectivity index (χ0) is 23.0. The van der Waals surface area contributed by atoms with E-state index >= 15 is 0 Å². The largest absolute Gasteiger partial charge is 0.490 e. The molecule has 0 spiro atoms. The zero-order valence-corrected chi connectivity index (χ0v) is 17.7. The number of aliphatic hydroxyl groups is 2. The summed E-state index contributed by atoms with van der Waals surface area (Å²) in [5.41, 5.74) is -1.96. The van der Waals surface area contributed by atoms with Gasteiger partial charge in [0, 0.05) is 29.6 Å². The van der Waals surface area contributed by atoms with Gasteiger partial charge in [0.05, 0.1) is 7.11 Å². The van der Waals surface area contributed by atoms with Gasteiger partial charge in [0.1, 0.15) is 41.1 Å². The van der Waals surface area contributed by atoms with Gasteiger partial charge in [0.25, 0.3) is 0 Å². The number of hydrogen-bond donors (Lipinski definition) is 2. The highest BCUT2D eigenvalue weighted by Crippen LogP contribution is 2.34. The first-order chi connectivity index (χ1) is 15.2. The molecule has 1 aliphatic rings. The number of aromatic nitrogens is 1. The van der Waals surface area contributed by atoms with E-state index in [0.29, 0.717) is 5.39 Å². The van der Waals surface area contributed by atoms with Gasteiger partial charge in [0.15, 0.2) is 11.6 Å². The number of pyridine rings is 1. The van der Waals surface area contributed by atoms with Crippen molar-refractivity contribution in [2.24, 2.45) is 0 Å². The molecule has 1 aromatic heterocycles. The van der Waals surface area contributed by atoms with Crippen LogP contribution in [-0.2, 0) is 0 Å². The quantitative estimate of drug-likeness (QED) is 0.595. The smallest absolute Gasteiger partial charge is 0.213 e. The van der Waals surface area contributed by atoms with Gasteiger partial charge in [-0.25, -0.2) is 18.2 Å². The Bertz CT molecular complexity index is 1140. The Morgan fingerprint density at radius 3 is 2.53 bits per heavy atom. The maximum Gasteiger partial charge on any atom is 0.213 e. The van der Waals surface area contributed by atoms with Crippen molar-refractivity contribution in [2.45, 2.75) is 18.1 Å². The van der Waals surface area contributed by atoms with E-state index in [4.69, 9.17) is 21.1 Å². The molecule has 0 unspecified atom stereocenters. The number of rotatable bonds is 5. The normalized spacial score (nSPS) is 21.1. The first-order valence-electron chi connectivity index (χ1n) is 9.78. The van der Waals surface area contributed by atoms with E-state index in [0.717, 1.165) is 12.1 Å². The maximum absolute atomic E-state index is 14.2. The number of methoxy groups -OCH3 is 1. The molecule has 10 heteroatoms. The molecule has 4 rings (SSSR count). The summed E-state index contributed by atoms with van der Waals surface area (Å²) in [6.07, 6.45) is -1.39. The van der Waals surface area contributed by atoms with Crippen molar-refractivity contribution in [1.82, 2.24) is 4.98 Å². The molecule has 0 amide bonds. The van der Waals surface area contributed by atoms with E-state index in [2.05, 4.69) is 4.98 Å². The summed E-state index contributed by atoms with van der Waals surface area (Å²) in [7, 11) is 1.41. The molecule has 1 aliphatic heterocycles. The summed E-state index contributed by atoms with van der Waals surface area (Å²) in [5, 5.41) is 21.8. The molecule has 6 nitrogen and oxygen atoms in total. The van der Waals surface area contributed by atoms with Crippen LogP contribution < -0.4 is 14.4 Å². The molecule has 3 aromatic rings. The number of piperidine rings is 1. The third-order valence-electron chi connectivity index (χ3n) is 5.56. The van der Waals surface area contributed by atoms with E-state index in [1.54, 1.807) is 12.1 Å². The third kappa shape index (κ3) is 4.15. The zero-order valence-electron chi connectivity index (χ0n) is 17.0. The first-order valence-corrected chi connectivity index (χ1v) is 10.2. The molecular weight excluding hydrogens is 449 g/mol. The fourth-order valence-corrected chi connectivity index (χ4v) is 3.95. The number of fused-ring (bicyclic) bond motifs is 1. The van der Waals surface area contributed by atoms with Crippen LogP contribution in [0.4, 0.5) is 18.9 Å². The van der Waals surface area contributed by atoms with E-state index in [1.165, 1.54) is 24.1 Å². The second-order valence-electron chi connectivity index (χ2n) is 7.62. The van der Waals surface area contributed by atoms with Crippen LogP contribution in [-0.4, -0.2) is 53.7 Å². The molecule has 2 N–H and O–H groups in total. The Hall–Kier alpha value is -2.75. The Kier molecular flexibility index (Phi) is 6.07. The predicted molar refractivity (Wildman–Crippen MR) is 113 cm³/mol. The Labute approximate surface area is 186 Å². The van der Waals surface area contributed by atoms with Crippen molar-refractivity contribution in [3.63, 3.8) is 0 Å². The lowest BCUT2D eigenvalue weighted by Gasteiger charge is -2.42. The summed E-state index contributed by atoms with van der Waals surface area (Å²) < 4.78 is 53.4. The molecule has 170 valence electrons. The number of anilines is 1. The van der Waals surface area contributed by atoms with Crippen molar-refractivity contribution in [3.05, 3.63) is 58.9 Å². The molecule has 2 atom stereocenters. The highest BCUT2D eigenvalue weighted by Gasteiger charge is 2.42. The number of ether oxygens (including phenoxy) is 2. The summed E-state index contributed by atoms with van der Waals surface area (Å²) in [4.78, 5) is 5.38. The van der Waals surface area contributed by atoms with Gasteiger partial charge in [0.2, 0.25) is 5.88 Å².